The third kappa shape index (κ3) is 1.47. The van der Waals surface area contributed by atoms with Crippen molar-refractivity contribution in [1.29, 1.82) is 0 Å². The number of hydrogen-bond acceptors (Lipinski definition) is 1. The Morgan fingerprint density at radius 3 is 2.60 bits per heavy atom. The van der Waals surface area contributed by atoms with Crippen molar-refractivity contribution in [2.75, 3.05) is 0 Å². The number of carbonyl (C=O) groups is 1. The molecule has 0 amide bonds. The number of carbonyl (C=O) groups excluding carboxylic acids is 1. The Balaban J connectivity index is 2.78. The van der Waals surface area contributed by atoms with Gasteiger partial charge >= 0.3 is 0 Å². The summed E-state index contributed by atoms with van der Waals surface area (Å²) in [4.78, 5) is 11.0. The van der Waals surface area contributed by atoms with E-state index >= 15 is 0 Å². The molecular weight excluding hydrogens is 124 g/mol. The first kappa shape index (κ1) is 7.52. The van der Waals surface area contributed by atoms with E-state index < -0.39 is 0 Å². The molecule has 0 heterocycles. The fourth-order valence-electron chi connectivity index (χ4n) is 1.43. The summed E-state index contributed by atoms with van der Waals surface area (Å²) in [6, 6.07) is 0. The molecule has 0 aromatic heterocycles. The Morgan fingerprint density at radius 1 is 1.60 bits per heavy atom. The Bertz CT molecular complexity index is 177. The Kier molecular flexibility index (Phi) is 1.67. The second kappa shape index (κ2) is 2.22. The first-order valence-electron chi connectivity index (χ1n) is 3.74. The first-order valence-corrected chi connectivity index (χ1v) is 3.74. The maximum atomic E-state index is 11.0. The van der Waals surface area contributed by atoms with Crippen LogP contribution in [0.5, 0.6) is 0 Å². The molecule has 0 bridgehead atoms. The van der Waals surface area contributed by atoms with E-state index in [1.165, 1.54) is 0 Å². The predicted molar refractivity (Wildman–Crippen MR) is 41.7 cm³/mol. The molecule has 56 valence electrons. The van der Waals surface area contributed by atoms with E-state index in [-0.39, 0.29) is 17.1 Å². The van der Waals surface area contributed by atoms with Gasteiger partial charge in [-0.05, 0) is 17.9 Å². The average Bonchev–Trinajstić information content (AvgIpc) is 1.79. The monoisotopic (exact) mass is 138 g/mol. The van der Waals surface area contributed by atoms with Gasteiger partial charge in [-0.1, -0.05) is 26.8 Å². The van der Waals surface area contributed by atoms with Crippen LogP contribution in [0, 0.1) is 11.3 Å². The highest BCUT2D eigenvalue weighted by molar-refractivity contribution is 5.92. The Labute approximate surface area is 62.1 Å². The van der Waals surface area contributed by atoms with Crippen LogP contribution in [-0.2, 0) is 4.79 Å². The van der Waals surface area contributed by atoms with E-state index in [0.29, 0.717) is 0 Å². The van der Waals surface area contributed by atoms with Gasteiger partial charge in [-0.3, -0.25) is 4.79 Å². The van der Waals surface area contributed by atoms with Crippen molar-refractivity contribution in [2.24, 2.45) is 11.3 Å². The fraction of sp³-hybridized carbons (Fsp3) is 0.667. The molecule has 0 aromatic rings. The summed E-state index contributed by atoms with van der Waals surface area (Å²) < 4.78 is 0. The van der Waals surface area contributed by atoms with Gasteiger partial charge in [0.05, 0.1) is 0 Å². The number of rotatable bonds is 0. The van der Waals surface area contributed by atoms with Gasteiger partial charge in [-0.15, -0.1) is 0 Å². The molecule has 0 saturated carbocycles. The van der Waals surface area contributed by atoms with E-state index in [1.54, 1.807) is 6.08 Å². The molecule has 1 heteroatoms. The molecule has 0 aromatic carbocycles. The molecule has 0 spiro atoms. The maximum Gasteiger partial charge on any atom is 0.158 e. The summed E-state index contributed by atoms with van der Waals surface area (Å²) >= 11 is 0. The lowest BCUT2D eigenvalue weighted by atomic mass is 9.77. The lowest BCUT2D eigenvalue weighted by Crippen LogP contribution is -2.23. The zero-order valence-corrected chi connectivity index (χ0v) is 6.85. The van der Waals surface area contributed by atoms with Crippen molar-refractivity contribution in [3.63, 3.8) is 0 Å². The highest BCUT2D eigenvalue weighted by Crippen LogP contribution is 2.31. The highest BCUT2D eigenvalue weighted by Gasteiger charge is 2.25. The summed E-state index contributed by atoms with van der Waals surface area (Å²) in [5.41, 5.74) is 0.229. The molecule has 1 rings (SSSR count). The van der Waals surface area contributed by atoms with Crippen molar-refractivity contribution in [2.45, 2.75) is 27.2 Å². The standard InChI is InChI=1S/C9H14O/c1-7-6-9(2,3)5-4-8(7)10/h4-5,7H,6H2,1-3H3. The zero-order chi connectivity index (χ0) is 7.78. The molecule has 1 unspecified atom stereocenters. The topological polar surface area (TPSA) is 17.1 Å². The summed E-state index contributed by atoms with van der Waals surface area (Å²) in [5, 5.41) is 0. The molecule has 1 atom stereocenters. The van der Waals surface area contributed by atoms with Crippen LogP contribution in [0.2, 0.25) is 0 Å². The van der Waals surface area contributed by atoms with E-state index in [2.05, 4.69) is 13.8 Å². The van der Waals surface area contributed by atoms with Crippen molar-refractivity contribution < 1.29 is 4.79 Å². The van der Waals surface area contributed by atoms with E-state index in [4.69, 9.17) is 0 Å². The average molecular weight is 138 g/mol. The van der Waals surface area contributed by atoms with E-state index in [1.807, 2.05) is 13.0 Å². The van der Waals surface area contributed by atoms with Crippen LogP contribution in [0.4, 0.5) is 0 Å². The smallest absolute Gasteiger partial charge is 0.158 e. The van der Waals surface area contributed by atoms with Crippen molar-refractivity contribution in [3.05, 3.63) is 12.2 Å². The minimum Gasteiger partial charge on any atom is -0.295 e. The third-order valence-electron chi connectivity index (χ3n) is 2.02. The molecule has 0 fully saturated rings. The Morgan fingerprint density at radius 2 is 2.20 bits per heavy atom. The van der Waals surface area contributed by atoms with Crippen LogP contribution in [-0.4, -0.2) is 5.78 Å². The summed E-state index contributed by atoms with van der Waals surface area (Å²) in [6.45, 7) is 6.31. The molecule has 0 aliphatic heterocycles. The fourth-order valence-corrected chi connectivity index (χ4v) is 1.43. The number of ketones is 1. The van der Waals surface area contributed by atoms with Gasteiger partial charge in [0.25, 0.3) is 0 Å². The summed E-state index contributed by atoms with van der Waals surface area (Å²) in [6.07, 6.45) is 4.71. The van der Waals surface area contributed by atoms with Crippen LogP contribution in [0.1, 0.15) is 27.2 Å². The molecule has 1 aliphatic rings. The van der Waals surface area contributed by atoms with Crippen LogP contribution < -0.4 is 0 Å². The molecule has 1 nitrogen and oxygen atoms in total. The quantitative estimate of drug-likeness (QED) is 0.501. The minimum atomic E-state index is 0.222. The molecular formula is C9H14O. The van der Waals surface area contributed by atoms with Crippen LogP contribution in [0.25, 0.3) is 0 Å². The minimum absolute atomic E-state index is 0.222. The molecule has 0 radical (unpaired) electrons. The molecule has 0 N–H and O–H groups in total. The number of hydrogen-bond donors (Lipinski definition) is 0. The van der Waals surface area contributed by atoms with Gasteiger partial charge in [-0.25, -0.2) is 0 Å². The zero-order valence-electron chi connectivity index (χ0n) is 6.85. The van der Waals surface area contributed by atoms with Crippen molar-refractivity contribution in [3.8, 4) is 0 Å². The van der Waals surface area contributed by atoms with Crippen LogP contribution in [0.15, 0.2) is 12.2 Å². The lowest BCUT2D eigenvalue weighted by Gasteiger charge is -2.27. The predicted octanol–water partition coefficient (Wildman–Crippen LogP) is 2.18. The van der Waals surface area contributed by atoms with Gasteiger partial charge in [0.15, 0.2) is 5.78 Å². The third-order valence-corrected chi connectivity index (χ3v) is 2.02. The Hall–Kier alpha value is -0.590. The summed E-state index contributed by atoms with van der Waals surface area (Å²) in [5.74, 6) is 0.499. The molecule has 10 heavy (non-hydrogen) atoms. The SMILES string of the molecule is CC1CC(C)(C)C=CC1=O. The molecule has 0 saturated heterocycles. The second-order valence-electron chi connectivity index (χ2n) is 3.83. The lowest BCUT2D eigenvalue weighted by molar-refractivity contribution is -0.119. The summed E-state index contributed by atoms with van der Waals surface area (Å²) in [7, 11) is 0. The van der Waals surface area contributed by atoms with Gasteiger partial charge in [0, 0.05) is 5.92 Å². The van der Waals surface area contributed by atoms with Crippen LogP contribution >= 0.6 is 0 Å². The van der Waals surface area contributed by atoms with Gasteiger partial charge < -0.3 is 0 Å². The van der Waals surface area contributed by atoms with Crippen LogP contribution in [0.3, 0.4) is 0 Å². The van der Waals surface area contributed by atoms with Crippen molar-refractivity contribution >= 4 is 5.78 Å². The van der Waals surface area contributed by atoms with Crippen molar-refractivity contribution in [1.82, 2.24) is 0 Å². The van der Waals surface area contributed by atoms with Gasteiger partial charge in [0.1, 0.15) is 0 Å². The molecule has 1 aliphatic carbocycles. The highest BCUT2D eigenvalue weighted by atomic mass is 16.1. The normalized spacial score (nSPS) is 30.7. The number of allylic oxidation sites excluding steroid dienone is 2. The van der Waals surface area contributed by atoms with E-state index in [9.17, 15) is 4.79 Å². The van der Waals surface area contributed by atoms with Gasteiger partial charge in [-0.2, -0.15) is 0 Å². The first-order chi connectivity index (χ1) is 4.51. The second-order valence-corrected chi connectivity index (χ2v) is 3.83. The largest absolute Gasteiger partial charge is 0.295 e. The maximum absolute atomic E-state index is 11.0. The van der Waals surface area contributed by atoms with Gasteiger partial charge in [0.2, 0.25) is 0 Å². The van der Waals surface area contributed by atoms with E-state index in [0.717, 1.165) is 6.42 Å².